The first-order valence-corrected chi connectivity index (χ1v) is 5.57. The Balaban J connectivity index is 2.53. The fourth-order valence-corrected chi connectivity index (χ4v) is 1.86. The minimum absolute atomic E-state index is 0.382. The summed E-state index contributed by atoms with van der Waals surface area (Å²) >= 11 is 0. The molecule has 2 nitrogen and oxygen atoms in total. The quantitative estimate of drug-likeness (QED) is 0.887. The molecule has 0 saturated carbocycles. The molecule has 2 N–H and O–H groups in total. The summed E-state index contributed by atoms with van der Waals surface area (Å²) < 4.78 is 26.5. The summed E-state index contributed by atoms with van der Waals surface area (Å²) in [6, 6.07) is 5.17. The van der Waals surface area contributed by atoms with Crippen LogP contribution in [0.3, 0.4) is 0 Å². The lowest BCUT2D eigenvalue weighted by Gasteiger charge is -2.26. The molecule has 0 aliphatic heterocycles. The second kappa shape index (κ2) is 4.46. The Morgan fingerprint density at radius 2 is 1.61 bits per heavy atom. The van der Waals surface area contributed by atoms with E-state index in [0.29, 0.717) is 11.1 Å². The van der Waals surface area contributed by atoms with Crippen molar-refractivity contribution in [3.8, 4) is 0 Å². The number of hydrogen-bond donors (Lipinski definition) is 1. The van der Waals surface area contributed by atoms with Crippen molar-refractivity contribution in [2.75, 3.05) is 0 Å². The number of pyridine rings is 1. The topological polar surface area (TPSA) is 38.9 Å². The lowest BCUT2D eigenvalue weighted by Crippen LogP contribution is -2.34. The molecule has 1 unspecified atom stereocenters. The van der Waals surface area contributed by atoms with E-state index in [1.165, 1.54) is 12.1 Å². The van der Waals surface area contributed by atoms with Crippen LogP contribution >= 0.6 is 0 Å². The van der Waals surface area contributed by atoms with Crippen molar-refractivity contribution >= 4 is 0 Å². The summed E-state index contributed by atoms with van der Waals surface area (Å²) in [6.07, 6.45) is 3.31. The van der Waals surface area contributed by atoms with E-state index in [1.807, 2.05) is 13.0 Å². The third-order valence-corrected chi connectivity index (χ3v) is 2.94. The molecular formula is C14H14F2N2. The average molecular weight is 248 g/mol. The van der Waals surface area contributed by atoms with E-state index in [0.717, 1.165) is 11.6 Å². The lowest BCUT2D eigenvalue weighted by molar-refractivity contribution is 0.549. The summed E-state index contributed by atoms with van der Waals surface area (Å²) in [5, 5.41) is 0. The van der Waals surface area contributed by atoms with Crippen LogP contribution in [0.15, 0.2) is 36.7 Å². The van der Waals surface area contributed by atoms with Crippen LogP contribution in [0, 0.1) is 18.6 Å². The summed E-state index contributed by atoms with van der Waals surface area (Å²) in [5.41, 5.74) is 7.25. The van der Waals surface area contributed by atoms with Gasteiger partial charge < -0.3 is 5.73 Å². The third-order valence-electron chi connectivity index (χ3n) is 2.94. The zero-order valence-electron chi connectivity index (χ0n) is 10.2. The highest BCUT2D eigenvalue weighted by Crippen LogP contribution is 2.27. The van der Waals surface area contributed by atoms with Crippen molar-refractivity contribution in [2.24, 2.45) is 5.73 Å². The van der Waals surface area contributed by atoms with Gasteiger partial charge in [-0.2, -0.15) is 0 Å². The Morgan fingerprint density at radius 3 is 2.17 bits per heavy atom. The molecule has 0 radical (unpaired) electrons. The van der Waals surface area contributed by atoms with E-state index in [1.54, 1.807) is 19.3 Å². The Hall–Kier alpha value is -1.81. The van der Waals surface area contributed by atoms with Crippen molar-refractivity contribution in [2.45, 2.75) is 19.4 Å². The molecule has 18 heavy (non-hydrogen) atoms. The third kappa shape index (κ3) is 2.38. The molecule has 0 fully saturated rings. The van der Waals surface area contributed by atoms with Gasteiger partial charge in [-0.15, -0.1) is 0 Å². The van der Waals surface area contributed by atoms with Crippen LogP contribution in [0.5, 0.6) is 0 Å². The van der Waals surface area contributed by atoms with Crippen molar-refractivity contribution in [1.82, 2.24) is 4.98 Å². The number of nitrogens with zero attached hydrogens (tertiary/aromatic N) is 1. The predicted octanol–water partition coefficient (Wildman–Crippen LogP) is 2.89. The smallest absolute Gasteiger partial charge is 0.126 e. The van der Waals surface area contributed by atoms with E-state index in [4.69, 9.17) is 5.73 Å². The molecule has 0 saturated heterocycles. The summed E-state index contributed by atoms with van der Waals surface area (Å²) in [7, 11) is 0. The van der Waals surface area contributed by atoms with Gasteiger partial charge in [0.1, 0.15) is 11.6 Å². The van der Waals surface area contributed by atoms with Crippen LogP contribution in [-0.2, 0) is 5.54 Å². The molecular weight excluding hydrogens is 234 g/mol. The van der Waals surface area contributed by atoms with Crippen LogP contribution in [0.25, 0.3) is 0 Å². The Bertz CT molecular complexity index is 560. The van der Waals surface area contributed by atoms with E-state index < -0.39 is 17.2 Å². The highest BCUT2D eigenvalue weighted by Gasteiger charge is 2.25. The number of halogens is 2. The standard InChI is InChI=1S/C14H14F2N2/c1-9-3-11(8-18-7-9)14(2,17)10-4-12(15)6-13(16)5-10/h3-8H,17H2,1-2H3. The maximum atomic E-state index is 13.2. The van der Waals surface area contributed by atoms with Crippen LogP contribution in [0.4, 0.5) is 8.78 Å². The number of nitrogens with two attached hydrogens (primary N) is 1. The second-order valence-electron chi connectivity index (χ2n) is 4.61. The highest BCUT2D eigenvalue weighted by molar-refractivity contribution is 5.37. The first kappa shape index (κ1) is 12.6. The maximum Gasteiger partial charge on any atom is 0.126 e. The summed E-state index contributed by atoms with van der Waals surface area (Å²) in [6.45, 7) is 3.59. The largest absolute Gasteiger partial charge is 0.318 e. The van der Waals surface area contributed by atoms with Crippen LogP contribution in [-0.4, -0.2) is 4.98 Å². The van der Waals surface area contributed by atoms with E-state index in [2.05, 4.69) is 4.98 Å². The molecule has 1 aromatic carbocycles. The number of hydrogen-bond acceptors (Lipinski definition) is 2. The van der Waals surface area contributed by atoms with Gasteiger partial charge in [0.05, 0.1) is 5.54 Å². The molecule has 2 aromatic rings. The molecule has 1 heterocycles. The lowest BCUT2D eigenvalue weighted by atomic mass is 9.86. The molecule has 0 aliphatic rings. The van der Waals surface area contributed by atoms with Gasteiger partial charge in [-0.3, -0.25) is 4.98 Å². The van der Waals surface area contributed by atoms with Crippen molar-refractivity contribution in [3.63, 3.8) is 0 Å². The molecule has 0 bridgehead atoms. The van der Waals surface area contributed by atoms with Crippen LogP contribution < -0.4 is 5.73 Å². The highest BCUT2D eigenvalue weighted by atomic mass is 19.1. The van der Waals surface area contributed by atoms with Gasteiger partial charge >= 0.3 is 0 Å². The molecule has 2 rings (SSSR count). The SMILES string of the molecule is Cc1cncc(C(C)(N)c2cc(F)cc(F)c2)c1. The molecule has 94 valence electrons. The average Bonchev–Trinajstić information content (AvgIpc) is 2.27. The first-order chi connectivity index (χ1) is 8.39. The normalized spacial score (nSPS) is 14.3. The minimum atomic E-state index is -0.984. The molecule has 0 aliphatic carbocycles. The van der Waals surface area contributed by atoms with Crippen LogP contribution in [0.2, 0.25) is 0 Å². The molecule has 1 atom stereocenters. The Kier molecular flexibility index (Phi) is 3.13. The minimum Gasteiger partial charge on any atom is -0.318 e. The maximum absolute atomic E-state index is 13.2. The number of rotatable bonds is 2. The zero-order valence-corrected chi connectivity index (χ0v) is 10.2. The fraction of sp³-hybridized carbons (Fsp3) is 0.214. The van der Waals surface area contributed by atoms with E-state index in [9.17, 15) is 8.78 Å². The van der Waals surface area contributed by atoms with Crippen LogP contribution in [0.1, 0.15) is 23.6 Å². The molecule has 0 spiro atoms. The monoisotopic (exact) mass is 248 g/mol. The van der Waals surface area contributed by atoms with E-state index >= 15 is 0 Å². The summed E-state index contributed by atoms with van der Waals surface area (Å²) in [5.74, 6) is -1.27. The number of aromatic nitrogens is 1. The van der Waals surface area contributed by atoms with Gasteiger partial charge in [0.2, 0.25) is 0 Å². The predicted molar refractivity (Wildman–Crippen MR) is 66.0 cm³/mol. The van der Waals surface area contributed by atoms with Crippen molar-refractivity contribution < 1.29 is 8.78 Å². The molecule has 4 heteroatoms. The van der Waals surface area contributed by atoms with Gasteiger partial charge in [0.25, 0.3) is 0 Å². The first-order valence-electron chi connectivity index (χ1n) is 5.57. The van der Waals surface area contributed by atoms with Gasteiger partial charge in [0.15, 0.2) is 0 Å². The number of aryl methyl sites for hydroxylation is 1. The second-order valence-corrected chi connectivity index (χ2v) is 4.61. The van der Waals surface area contributed by atoms with E-state index in [-0.39, 0.29) is 0 Å². The van der Waals surface area contributed by atoms with Gasteiger partial charge in [-0.25, -0.2) is 8.78 Å². The molecule has 1 aromatic heterocycles. The number of benzene rings is 1. The Morgan fingerprint density at radius 1 is 1.00 bits per heavy atom. The van der Waals surface area contributed by atoms with Gasteiger partial charge in [0, 0.05) is 18.5 Å². The van der Waals surface area contributed by atoms with Crippen molar-refractivity contribution in [1.29, 1.82) is 0 Å². The fourth-order valence-electron chi connectivity index (χ4n) is 1.86. The van der Waals surface area contributed by atoms with Gasteiger partial charge in [-0.05, 0) is 42.7 Å². The Labute approximate surface area is 104 Å². The zero-order chi connectivity index (χ0) is 13.3. The molecule has 0 amide bonds. The van der Waals surface area contributed by atoms with Crippen molar-refractivity contribution in [3.05, 3.63) is 65.0 Å². The summed E-state index contributed by atoms with van der Waals surface area (Å²) in [4.78, 5) is 4.05. The van der Waals surface area contributed by atoms with Gasteiger partial charge in [-0.1, -0.05) is 6.07 Å².